The van der Waals surface area contributed by atoms with Gasteiger partial charge in [-0.3, -0.25) is 4.79 Å². The maximum Gasteiger partial charge on any atom is 0.255 e. The van der Waals surface area contributed by atoms with Crippen LogP contribution in [0.1, 0.15) is 41.6 Å². The monoisotopic (exact) mass is 219 g/mol. The van der Waals surface area contributed by atoms with Crippen molar-refractivity contribution < 1.29 is 9.90 Å². The topological polar surface area (TPSA) is 49.3 Å². The normalized spacial score (nSPS) is 16.3. The van der Waals surface area contributed by atoms with E-state index in [1.165, 1.54) is 12.8 Å². The highest BCUT2D eigenvalue weighted by Gasteiger charge is 2.19. The van der Waals surface area contributed by atoms with Gasteiger partial charge >= 0.3 is 0 Å². The summed E-state index contributed by atoms with van der Waals surface area (Å²) in [7, 11) is 0. The van der Waals surface area contributed by atoms with E-state index < -0.39 is 0 Å². The van der Waals surface area contributed by atoms with E-state index in [0.717, 1.165) is 18.4 Å². The number of carbonyl (C=O) groups excluding carboxylic acids is 1. The number of benzene rings is 1. The number of rotatable bonds is 2. The Balaban J connectivity index is 2.10. The lowest BCUT2D eigenvalue weighted by Crippen LogP contribution is -2.32. The first-order valence-electron chi connectivity index (χ1n) is 5.77. The highest BCUT2D eigenvalue weighted by Crippen LogP contribution is 2.21. The summed E-state index contributed by atoms with van der Waals surface area (Å²) in [6.45, 7) is 1.91. The maximum absolute atomic E-state index is 11.9. The first-order valence-corrected chi connectivity index (χ1v) is 5.77. The van der Waals surface area contributed by atoms with Crippen LogP contribution in [-0.2, 0) is 0 Å². The third-order valence-electron chi connectivity index (χ3n) is 3.09. The molecule has 0 radical (unpaired) electrons. The van der Waals surface area contributed by atoms with Crippen molar-refractivity contribution in [2.75, 3.05) is 0 Å². The molecule has 0 atom stereocenters. The molecule has 3 heteroatoms. The molecule has 1 aromatic rings. The number of amides is 1. The van der Waals surface area contributed by atoms with E-state index in [1.807, 2.05) is 6.92 Å². The fourth-order valence-corrected chi connectivity index (χ4v) is 2.17. The predicted octanol–water partition coefficient (Wildman–Crippen LogP) is 2.37. The van der Waals surface area contributed by atoms with E-state index in [4.69, 9.17) is 0 Å². The van der Waals surface area contributed by atoms with Crippen molar-refractivity contribution in [2.24, 2.45) is 0 Å². The van der Waals surface area contributed by atoms with Crippen molar-refractivity contribution in [3.8, 4) is 5.75 Å². The second-order valence-electron chi connectivity index (χ2n) is 4.48. The van der Waals surface area contributed by atoms with Crippen LogP contribution in [-0.4, -0.2) is 17.1 Å². The van der Waals surface area contributed by atoms with Crippen molar-refractivity contribution in [2.45, 2.75) is 38.6 Å². The number of carbonyl (C=O) groups is 1. The van der Waals surface area contributed by atoms with Crippen LogP contribution in [0.3, 0.4) is 0 Å². The van der Waals surface area contributed by atoms with Crippen molar-refractivity contribution in [3.63, 3.8) is 0 Å². The number of aromatic hydroxyl groups is 1. The molecule has 0 heterocycles. The molecule has 1 amide bonds. The van der Waals surface area contributed by atoms with Gasteiger partial charge in [-0.05, 0) is 31.9 Å². The summed E-state index contributed by atoms with van der Waals surface area (Å²) in [5.74, 6) is -0.103. The number of phenolic OH excluding ortho intramolecular Hbond substituents is 1. The minimum Gasteiger partial charge on any atom is -0.507 e. The summed E-state index contributed by atoms with van der Waals surface area (Å²) in [6.07, 6.45) is 4.48. The van der Waals surface area contributed by atoms with Gasteiger partial charge < -0.3 is 10.4 Å². The van der Waals surface area contributed by atoms with Crippen LogP contribution in [0.2, 0.25) is 0 Å². The molecule has 0 aliphatic heterocycles. The van der Waals surface area contributed by atoms with E-state index in [-0.39, 0.29) is 17.7 Å². The fourth-order valence-electron chi connectivity index (χ4n) is 2.17. The molecule has 0 spiro atoms. The standard InChI is InChI=1S/C13H17NO2/c1-9-6-7-12(15)11(8-9)13(16)14-10-4-2-3-5-10/h6-8,10,15H,2-5H2,1H3,(H,14,16). The van der Waals surface area contributed by atoms with Crippen molar-refractivity contribution in [3.05, 3.63) is 29.3 Å². The molecule has 0 unspecified atom stereocenters. The minimum absolute atomic E-state index is 0.0566. The lowest BCUT2D eigenvalue weighted by Gasteiger charge is -2.12. The molecule has 0 aromatic heterocycles. The average molecular weight is 219 g/mol. The average Bonchev–Trinajstić information content (AvgIpc) is 2.74. The predicted molar refractivity (Wildman–Crippen MR) is 62.6 cm³/mol. The summed E-state index contributed by atoms with van der Waals surface area (Å²) >= 11 is 0. The fraction of sp³-hybridized carbons (Fsp3) is 0.462. The Morgan fingerprint density at radius 2 is 2.06 bits per heavy atom. The molecule has 2 rings (SSSR count). The quantitative estimate of drug-likeness (QED) is 0.802. The highest BCUT2D eigenvalue weighted by molar-refractivity contribution is 5.97. The lowest BCUT2D eigenvalue weighted by molar-refractivity contribution is 0.0935. The number of aryl methyl sites for hydroxylation is 1. The van der Waals surface area contributed by atoms with E-state index >= 15 is 0 Å². The highest BCUT2D eigenvalue weighted by atomic mass is 16.3. The second kappa shape index (κ2) is 4.56. The molecule has 1 saturated carbocycles. The van der Waals surface area contributed by atoms with E-state index in [2.05, 4.69) is 5.32 Å². The van der Waals surface area contributed by atoms with Gasteiger partial charge in [0, 0.05) is 6.04 Å². The Morgan fingerprint density at radius 1 is 1.38 bits per heavy atom. The zero-order valence-corrected chi connectivity index (χ0v) is 9.49. The Bertz CT molecular complexity index is 395. The molecule has 16 heavy (non-hydrogen) atoms. The van der Waals surface area contributed by atoms with Crippen molar-refractivity contribution >= 4 is 5.91 Å². The number of phenols is 1. The molecule has 0 bridgehead atoms. The second-order valence-corrected chi connectivity index (χ2v) is 4.48. The van der Waals surface area contributed by atoms with Crippen LogP contribution in [0.4, 0.5) is 0 Å². The van der Waals surface area contributed by atoms with Gasteiger partial charge in [0.15, 0.2) is 0 Å². The molecule has 1 aliphatic carbocycles. The van der Waals surface area contributed by atoms with Crippen LogP contribution in [0.5, 0.6) is 5.75 Å². The van der Waals surface area contributed by atoms with Gasteiger partial charge in [0.1, 0.15) is 5.75 Å². The summed E-state index contributed by atoms with van der Waals surface area (Å²) in [5, 5.41) is 12.6. The van der Waals surface area contributed by atoms with Crippen LogP contribution in [0.25, 0.3) is 0 Å². The number of hydrogen-bond donors (Lipinski definition) is 2. The van der Waals surface area contributed by atoms with Gasteiger partial charge in [0.2, 0.25) is 0 Å². The van der Waals surface area contributed by atoms with Gasteiger partial charge in [-0.1, -0.05) is 24.5 Å². The Hall–Kier alpha value is -1.51. The first-order chi connectivity index (χ1) is 7.66. The molecule has 0 saturated heterocycles. The molecule has 2 N–H and O–H groups in total. The van der Waals surface area contributed by atoms with Crippen LogP contribution in [0, 0.1) is 6.92 Å². The lowest BCUT2D eigenvalue weighted by atomic mass is 10.1. The molecule has 3 nitrogen and oxygen atoms in total. The van der Waals surface area contributed by atoms with Crippen LogP contribution < -0.4 is 5.32 Å². The van der Waals surface area contributed by atoms with E-state index in [0.29, 0.717) is 5.56 Å². The molecule has 1 fully saturated rings. The van der Waals surface area contributed by atoms with Gasteiger partial charge in [0.25, 0.3) is 5.91 Å². The molecule has 86 valence electrons. The van der Waals surface area contributed by atoms with Gasteiger partial charge in [0.05, 0.1) is 5.56 Å². The van der Waals surface area contributed by atoms with Gasteiger partial charge in [-0.25, -0.2) is 0 Å². The summed E-state index contributed by atoms with van der Waals surface area (Å²) in [5.41, 5.74) is 1.36. The smallest absolute Gasteiger partial charge is 0.255 e. The molecule has 1 aromatic carbocycles. The summed E-state index contributed by atoms with van der Waals surface area (Å²) < 4.78 is 0. The Morgan fingerprint density at radius 3 is 2.75 bits per heavy atom. The van der Waals surface area contributed by atoms with E-state index in [1.54, 1.807) is 18.2 Å². The van der Waals surface area contributed by atoms with Gasteiger partial charge in [-0.2, -0.15) is 0 Å². The van der Waals surface area contributed by atoms with Gasteiger partial charge in [-0.15, -0.1) is 0 Å². The third kappa shape index (κ3) is 2.35. The number of hydrogen-bond acceptors (Lipinski definition) is 2. The van der Waals surface area contributed by atoms with Crippen molar-refractivity contribution in [1.29, 1.82) is 0 Å². The number of nitrogens with one attached hydrogen (secondary N) is 1. The molecular formula is C13H17NO2. The summed E-state index contributed by atoms with van der Waals surface area (Å²) in [4.78, 5) is 11.9. The van der Waals surface area contributed by atoms with Crippen LogP contribution in [0.15, 0.2) is 18.2 Å². The zero-order valence-electron chi connectivity index (χ0n) is 9.49. The largest absolute Gasteiger partial charge is 0.507 e. The molecule has 1 aliphatic rings. The first kappa shape index (κ1) is 11.0. The molecular weight excluding hydrogens is 202 g/mol. The van der Waals surface area contributed by atoms with Crippen LogP contribution >= 0.6 is 0 Å². The summed E-state index contributed by atoms with van der Waals surface area (Å²) in [6, 6.07) is 5.37. The van der Waals surface area contributed by atoms with Crippen molar-refractivity contribution in [1.82, 2.24) is 5.32 Å². The SMILES string of the molecule is Cc1ccc(O)c(C(=O)NC2CCCC2)c1. The maximum atomic E-state index is 11.9. The Labute approximate surface area is 95.5 Å². The zero-order chi connectivity index (χ0) is 11.5. The minimum atomic E-state index is -0.159. The Kier molecular flexibility index (Phi) is 3.13. The van der Waals surface area contributed by atoms with E-state index in [9.17, 15) is 9.90 Å². The third-order valence-corrected chi connectivity index (χ3v) is 3.09.